The molecule has 4 aromatic carbocycles. The zero-order chi connectivity index (χ0) is 27.9. The summed E-state index contributed by atoms with van der Waals surface area (Å²) in [6.45, 7) is 0. The lowest BCUT2D eigenvalue weighted by Gasteiger charge is -2.25. The van der Waals surface area contributed by atoms with E-state index in [1.165, 1.54) is 0 Å². The fourth-order valence-corrected chi connectivity index (χ4v) is 5.45. The molecule has 0 aromatic heterocycles. The molecule has 0 saturated heterocycles. The molecular weight excluding hydrogens is 502 g/mol. The molecule has 6 nitrogen and oxygen atoms in total. The molecule has 40 heavy (non-hydrogen) atoms. The number of nitrogens with one attached hydrogen (secondary N) is 1. The minimum Gasteiger partial charge on any atom is -0.496 e. The van der Waals surface area contributed by atoms with Crippen molar-refractivity contribution in [2.45, 2.75) is 43.9 Å². The summed E-state index contributed by atoms with van der Waals surface area (Å²) >= 11 is 0. The van der Waals surface area contributed by atoms with E-state index in [0.29, 0.717) is 30.8 Å². The van der Waals surface area contributed by atoms with Crippen molar-refractivity contribution in [3.63, 3.8) is 0 Å². The van der Waals surface area contributed by atoms with Crippen molar-refractivity contribution in [1.82, 2.24) is 5.32 Å². The van der Waals surface area contributed by atoms with Crippen LogP contribution in [0.15, 0.2) is 103 Å². The van der Waals surface area contributed by atoms with Crippen LogP contribution in [-0.2, 0) is 24.1 Å². The number of rotatable bonds is 11. The number of amides is 1. The fraction of sp³-hybridized carbons (Fsp3) is 0.265. The molecular formula is C34H35NO5. The van der Waals surface area contributed by atoms with E-state index >= 15 is 0 Å². The summed E-state index contributed by atoms with van der Waals surface area (Å²) < 4.78 is 11.5. The van der Waals surface area contributed by atoms with Gasteiger partial charge in [0.15, 0.2) is 0 Å². The Labute approximate surface area is 235 Å². The third kappa shape index (κ3) is 6.71. The number of fused-ring (bicyclic) bond motifs is 1. The van der Waals surface area contributed by atoms with E-state index in [1.807, 2.05) is 103 Å². The van der Waals surface area contributed by atoms with Crippen molar-refractivity contribution in [2.75, 3.05) is 7.11 Å². The lowest BCUT2D eigenvalue weighted by Crippen LogP contribution is -2.39. The largest absolute Gasteiger partial charge is 0.496 e. The maximum Gasteiger partial charge on any atom is 0.224 e. The molecule has 0 spiro atoms. The highest BCUT2D eigenvalue weighted by atomic mass is 16.5. The molecule has 5 rings (SSSR count). The quantitative estimate of drug-likeness (QED) is 0.238. The molecule has 0 saturated carbocycles. The normalized spacial score (nSPS) is 17.5. The maximum atomic E-state index is 13.6. The van der Waals surface area contributed by atoms with Gasteiger partial charge in [0, 0.05) is 24.8 Å². The smallest absolute Gasteiger partial charge is 0.224 e. The van der Waals surface area contributed by atoms with Gasteiger partial charge in [-0.15, -0.1) is 0 Å². The van der Waals surface area contributed by atoms with E-state index in [0.717, 1.165) is 28.0 Å². The van der Waals surface area contributed by atoms with E-state index in [9.17, 15) is 15.0 Å². The number of carbonyl (C=O) groups excluding carboxylic acids is 1. The van der Waals surface area contributed by atoms with Gasteiger partial charge in [0.2, 0.25) is 5.91 Å². The lowest BCUT2D eigenvalue weighted by molar-refractivity contribution is -0.127. The highest BCUT2D eigenvalue weighted by Gasteiger charge is 2.34. The minimum atomic E-state index is -0.782. The first kappa shape index (κ1) is 27.4. The summed E-state index contributed by atoms with van der Waals surface area (Å²) in [7, 11) is 1.59. The second-order valence-electron chi connectivity index (χ2n) is 10.3. The van der Waals surface area contributed by atoms with Crippen molar-refractivity contribution in [2.24, 2.45) is 5.92 Å². The van der Waals surface area contributed by atoms with E-state index in [2.05, 4.69) is 5.32 Å². The van der Waals surface area contributed by atoms with Gasteiger partial charge in [0.05, 0.1) is 25.4 Å². The molecule has 3 N–H and O–H groups in total. The average Bonchev–Trinajstić information content (AvgIpc) is 3.29. The number of aliphatic hydroxyl groups excluding tert-OH is 2. The number of ether oxygens (including phenoxy) is 2. The number of para-hydroxylation sites is 1. The summed E-state index contributed by atoms with van der Waals surface area (Å²) in [6.07, 6.45) is 0.116. The van der Waals surface area contributed by atoms with Crippen molar-refractivity contribution in [3.8, 4) is 17.2 Å². The first-order chi connectivity index (χ1) is 19.5. The van der Waals surface area contributed by atoms with Crippen molar-refractivity contribution < 1.29 is 24.5 Å². The highest BCUT2D eigenvalue weighted by molar-refractivity contribution is 5.80. The van der Waals surface area contributed by atoms with Crippen LogP contribution >= 0.6 is 0 Å². The Morgan fingerprint density at radius 1 is 0.900 bits per heavy atom. The monoisotopic (exact) mass is 537 g/mol. The van der Waals surface area contributed by atoms with Crippen LogP contribution in [-0.4, -0.2) is 35.4 Å². The van der Waals surface area contributed by atoms with Crippen LogP contribution in [0.3, 0.4) is 0 Å². The molecule has 0 fully saturated rings. The van der Waals surface area contributed by atoms with Crippen molar-refractivity contribution in [1.29, 1.82) is 0 Å². The van der Waals surface area contributed by atoms with Gasteiger partial charge in [0.1, 0.15) is 17.2 Å². The van der Waals surface area contributed by atoms with Crippen LogP contribution in [0, 0.1) is 5.92 Å². The summed E-state index contributed by atoms with van der Waals surface area (Å²) in [6, 6.07) is 32.2. The fourth-order valence-electron chi connectivity index (χ4n) is 5.45. The van der Waals surface area contributed by atoms with Gasteiger partial charge in [-0.2, -0.15) is 0 Å². The van der Waals surface area contributed by atoms with Crippen LogP contribution in [0.4, 0.5) is 0 Å². The first-order valence-electron chi connectivity index (χ1n) is 13.7. The van der Waals surface area contributed by atoms with Gasteiger partial charge < -0.3 is 25.0 Å². The van der Waals surface area contributed by atoms with Crippen molar-refractivity contribution >= 4 is 5.91 Å². The standard InChI is InChI=1S/C34H35NO5/c1-39-32-22-29(40-28-13-6-3-7-14-28)17-16-25(32)19-27(36)20-26(18-23-10-4-2-5-11-23)34(38)35-33-30-15-9-8-12-24(30)21-31(33)37/h2-17,22,26-27,31,33,36-37H,18-21H2,1H3,(H,35,38)/t26-,27-,31-,33+/m1/s1. The number of methoxy groups -OCH3 is 1. The second-order valence-corrected chi connectivity index (χ2v) is 10.3. The molecule has 1 aliphatic carbocycles. The van der Waals surface area contributed by atoms with Gasteiger partial charge in [-0.3, -0.25) is 4.79 Å². The van der Waals surface area contributed by atoms with Crippen LogP contribution in [0.5, 0.6) is 17.2 Å². The Morgan fingerprint density at radius 2 is 1.60 bits per heavy atom. The average molecular weight is 538 g/mol. The summed E-state index contributed by atoms with van der Waals surface area (Å²) in [5.41, 5.74) is 3.84. The molecule has 4 aromatic rings. The molecule has 6 heteroatoms. The molecule has 206 valence electrons. The summed E-state index contributed by atoms with van der Waals surface area (Å²) in [5.74, 6) is 1.31. The van der Waals surface area contributed by atoms with Crippen LogP contribution in [0.25, 0.3) is 0 Å². The summed E-state index contributed by atoms with van der Waals surface area (Å²) in [5, 5.41) is 25.0. The molecule has 0 aliphatic heterocycles. The van der Waals surface area contributed by atoms with Gasteiger partial charge in [0.25, 0.3) is 0 Å². The van der Waals surface area contributed by atoms with Crippen LogP contribution in [0.1, 0.15) is 34.7 Å². The Kier molecular flexibility index (Phi) is 8.79. The van der Waals surface area contributed by atoms with E-state index in [-0.39, 0.29) is 12.3 Å². The molecule has 0 bridgehead atoms. The molecule has 0 radical (unpaired) electrons. The van der Waals surface area contributed by atoms with Crippen LogP contribution < -0.4 is 14.8 Å². The Balaban J connectivity index is 1.29. The van der Waals surface area contributed by atoms with E-state index in [1.54, 1.807) is 7.11 Å². The number of benzene rings is 4. The SMILES string of the molecule is COc1cc(Oc2ccccc2)ccc1C[C@@H](O)C[C@@H](Cc1ccccc1)C(=O)N[C@H]1c2ccccc2C[C@H]1O. The zero-order valence-corrected chi connectivity index (χ0v) is 22.6. The number of carbonyl (C=O) groups is 1. The minimum absolute atomic E-state index is 0.178. The summed E-state index contributed by atoms with van der Waals surface area (Å²) in [4.78, 5) is 13.6. The first-order valence-corrected chi connectivity index (χ1v) is 13.7. The van der Waals surface area contributed by atoms with Crippen molar-refractivity contribution in [3.05, 3.63) is 125 Å². The number of hydrogen-bond acceptors (Lipinski definition) is 5. The second kappa shape index (κ2) is 12.8. The number of aliphatic hydroxyl groups is 2. The lowest BCUT2D eigenvalue weighted by atomic mass is 9.90. The molecule has 0 heterocycles. The topological polar surface area (TPSA) is 88.0 Å². The predicted molar refractivity (Wildman–Crippen MR) is 155 cm³/mol. The highest BCUT2D eigenvalue weighted by Crippen LogP contribution is 2.33. The Morgan fingerprint density at radius 3 is 2.35 bits per heavy atom. The van der Waals surface area contributed by atoms with Gasteiger partial charge in [-0.05, 0) is 53.3 Å². The van der Waals surface area contributed by atoms with Gasteiger partial charge >= 0.3 is 0 Å². The molecule has 1 aliphatic rings. The Hall–Kier alpha value is -4.13. The predicted octanol–water partition coefficient (Wildman–Crippen LogP) is 5.41. The van der Waals surface area contributed by atoms with E-state index in [4.69, 9.17) is 9.47 Å². The third-order valence-electron chi connectivity index (χ3n) is 7.45. The third-order valence-corrected chi connectivity index (χ3v) is 7.45. The molecule has 4 atom stereocenters. The number of hydrogen-bond donors (Lipinski definition) is 3. The zero-order valence-electron chi connectivity index (χ0n) is 22.6. The maximum absolute atomic E-state index is 13.6. The van der Waals surface area contributed by atoms with Gasteiger partial charge in [-0.25, -0.2) is 0 Å². The molecule has 1 amide bonds. The van der Waals surface area contributed by atoms with Crippen LogP contribution in [0.2, 0.25) is 0 Å². The molecule has 0 unspecified atom stereocenters. The van der Waals surface area contributed by atoms with Gasteiger partial charge in [-0.1, -0.05) is 78.9 Å². The Bertz CT molecular complexity index is 1410. The van der Waals surface area contributed by atoms with E-state index < -0.39 is 24.2 Å².